The topological polar surface area (TPSA) is 12.4 Å². The van der Waals surface area contributed by atoms with Crippen LogP contribution in [0.3, 0.4) is 0 Å². The van der Waals surface area contributed by atoms with Crippen LogP contribution >= 0.6 is 0 Å². The molecule has 1 heterocycles. The second-order valence-electron chi connectivity index (χ2n) is 4.16. The second-order valence-corrected chi connectivity index (χ2v) is 4.16. The Morgan fingerprint density at radius 2 is 1.86 bits per heavy atom. The van der Waals surface area contributed by atoms with Crippen LogP contribution in [0, 0.1) is 18.8 Å². The average Bonchev–Trinajstić information content (AvgIpc) is 2.11. The fraction of sp³-hybridized carbons (Fsp3) is 0.417. The van der Waals surface area contributed by atoms with Gasteiger partial charge in [0.15, 0.2) is 0 Å². The predicted octanol–water partition coefficient (Wildman–Crippen LogP) is 3.60. The molecule has 2 heteroatoms. The first-order valence-corrected chi connectivity index (χ1v) is 4.26. The molecule has 1 rings (SSSR count). The molecule has 0 fully saturated rings. The molecule has 0 spiro atoms. The SMILES string of the molecule is C[C-]1C=CC=C(C(C)(C)C)N=C1.[CH3-].[Lr]. The third-order valence-electron chi connectivity index (χ3n) is 1.79. The Balaban J connectivity index is 0. The van der Waals surface area contributed by atoms with Gasteiger partial charge in [-0.25, -0.2) is 12.2 Å². The Bertz CT molecular complexity index is 244. The minimum Gasteiger partial charge on any atom is -0.358 e. The molecule has 0 N–H and O–H groups in total. The van der Waals surface area contributed by atoms with Gasteiger partial charge in [-0.05, 0) is 0 Å². The van der Waals surface area contributed by atoms with Crippen LogP contribution in [-0.4, -0.2) is 6.21 Å². The van der Waals surface area contributed by atoms with Gasteiger partial charge >= 0.3 is 0 Å². The molecular weight excluding hydrogens is 420 g/mol. The summed E-state index contributed by atoms with van der Waals surface area (Å²) >= 11 is 0. The summed E-state index contributed by atoms with van der Waals surface area (Å²) in [6.07, 6.45) is 8.12. The van der Waals surface area contributed by atoms with E-state index in [-0.39, 0.29) is 12.8 Å². The molecule has 0 aliphatic carbocycles. The quantitative estimate of drug-likeness (QED) is 0.512. The number of rotatable bonds is 0. The molecule has 0 aromatic rings. The van der Waals surface area contributed by atoms with E-state index in [0.717, 1.165) is 5.70 Å². The Kier molecular flexibility index (Phi) is 5.09. The standard InChI is InChI=1S/C11H16N.CH3.Lr/c1-9-6-5-7-10(12-8-9)11(2,3)4;;/h5-8H,1-4H3;1H3;/q2*-1;. The summed E-state index contributed by atoms with van der Waals surface area (Å²) in [5, 5.41) is 0. The van der Waals surface area contributed by atoms with Crippen LogP contribution in [0.2, 0.25) is 0 Å². The minimum absolute atomic E-state index is 0. The van der Waals surface area contributed by atoms with Crippen molar-refractivity contribution < 1.29 is 0 Å². The maximum absolute atomic E-state index is 4.41. The maximum atomic E-state index is 4.41. The normalized spacial score (nSPS) is 15.1. The van der Waals surface area contributed by atoms with Gasteiger partial charge in [-0.1, -0.05) is 27.0 Å². The van der Waals surface area contributed by atoms with Crippen molar-refractivity contribution in [1.82, 2.24) is 0 Å². The third kappa shape index (κ3) is 3.61. The number of hydrogen-bond donors (Lipinski definition) is 0. The second kappa shape index (κ2) is 4.90. The van der Waals surface area contributed by atoms with E-state index >= 15 is 0 Å². The zero-order valence-corrected chi connectivity index (χ0v) is 11.7. The fourth-order valence-electron chi connectivity index (χ4n) is 0.992. The van der Waals surface area contributed by atoms with Crippen molar-refractivity contribution in [2.75, 3.05) is 0 Å². The van der Waals surface area contributed by atoms with Crippen molar-refractivity contribution in [3.63, 3.8) is 0 Å². The molecule has 0 unspecified atom stereocenters. The van der Waals surface area contributed by atoms with Crippen molar-refractivity contribution in [1.29, 1.82) is 0 Å². The zero-order valence-electron chi connectivity index (χ0n) is 9.51. The van der Waals surface area contributed by atoms with Crippen LogP contribution in [0.1, 0.15) is 27.7 Å². The molecule has 0 amide bonds. The number of allylic oxidation sites excluding steroid dienone is 4. The van der Waals surface area contributed by atoms with Gasteiger partial charge in [0, 0.05) is 11.1 Å². The smallest absolute Gasteiger partial charge is 0.0262 e. The van der Waals surface area contributed by atoms with E-state index in [2.05, 4.69) is 50.9 Å². The van der Waals surface area contributed by atoms with Crippen LogP contribution < -0.4 is 0 Å². The summed E-state index contributed by atoms with van der Waals surface area (Å²) in [5.41, 5.74) is 1.28. The van der Waals surface area contributed by atoms with Gasteiger partial charge in [0.2, 0.25) is 0 Å². The average molecular weight is 439 g/mol. The number of nitrogens with zero attached hydrogens (tertiary/aromatic N) is 1. The van der Waals surface area contributed by atoms with Crippen molar-refractivity contribution >= 4 is 6.21 Å². The van der Waals surface area contributed by atoms with Gasteiger partial charge in [-0.2, -0.15) is 5.92 Å². The molecule has 0 aromatic heterocycles. The van der Waals surface area contributed by atoms with Gasteiger partial charge in [-0.15, -0.1) is 13.0 Å². The van der Waals surface area contributed by atoms with Crippen LogP contribution in [0.4, 0.5) is 0 Å². The molecule has 0 atom stereocenters. The van der Waals surface area contributed by atoms with Gasteiger partial charge in [0.1, 0.15) is 0 Å². The van der Waals surface area contributed by atoms with Crippen molar-refractivity contribution in [2.24, 2.45) is 10.4 Å². The summed E-state index contributed by atoms with van der Waals surface area (Å²) in [5.74, 6) is 1.20. The molecule has 1 aliphatic rings. The number of aliphatic imine (C=N–C) groups is 1. The van der Waals surface area contributed by atoms with Gasteiger partial charge in [-0.3, -0.25) is 4.99 Å². The Morgan fingerprint density at radius 1 is 1.29 bits per heavy atom. The monoisotopic (exact) mass is 439 g/mol. The molecular formula is C12H19LrN-2. The summed E-state index contributed by atoms with van der Waals surface area (Å²) < 4.78 is 0. The van der Waals surface area contributed by atoms with Crippen molar-refractivity contribution in [3.8, 4) is 0 Å². The van der Waals surface area contributed by atoms with E-state index in [9.17, 15) is 0 Å². The molecule has 0 saturated carbocycles. The summed E-state index contributed by atoms with van der Waals surface area (Å²) in [7, 11) is 0. The van der Waals surface area contributed by atoms with E-state index in [1.54, 1.807) is 0 Å². The van der Waals surface area contributed by atoms with E-state index in [0.29, 0.717) is 0 Å². The van der Waals surface area contributed by atoms with Crippen molar-refractivity contribution in [3.05, 3.63) is 37.3 Å². The van der Waals surface area contributed by atoms with E-state index < -0.39 is 0 Å². The minimum atomic E-state index is 0. The molecule has 89 valence electrons. The van der Waals surface area contributed by atoms with Gasteiger partial charge in [0.05, 0.1) is 0 Å². The summed E-state index contributed by atoms with van der Waals surface area (Å²) in [4.78, 5) is 4.41. The Labute approximate surface area is 82.3 Å². The van der Waals surface area contributed by atoms with Crippen LogP contribution in [0.15, 0.2) is 28.9 Å². The largest absolute Gasteiger partial charge is 0.358 e. The van der Waals surface area contributed by atoms with E-state index in [4.69, 9.17) is 0 Å². The summed E-state index contributed by atoms with van der Waals surface area (Å²) in [6, 6.07) is 0. The Hall–Kier alpha value is -1.98. The molecule has 0 saturated heterocycles. The fourth-order valence-corrected chi connectivity index (χ4v) is 0.992. The predicted molar refractivity (Wildman–Crippen MR) is 60.5 cm³/mol. The van der Waals surface area contributed by atoms with Gasteiger partial charge < -0.3 is 7.43 Å². The first kappa shape index (κ1) is 14.5. The molecule has 1 radical (unpaired) electrons. The Morgan fingerprint density at radius 3 is 2.36 bits per heavy atom. The molecule has 1 nitrogen and oxygen atoms in total. The zero-order chi connectivity index (χ0) is 9.19. The van der Waals surface area contributed by atoms with E-state index in [1.807, 2.05) is 6.21 Å². The third-order valence-corrected chi connectivity index (χ3v) is 1.79. The van der Waals surface area contributed by atoms with E-state index in [1.165, 1.54) is 5.92 Å². The number of hydrogen-bond acceptors (Lipinski definition) is 1. The molecule has 1 aliphatic heterocycles. The first-order chi connectivity index (χ1) is 5.50. The van der Waals surface area contributed by atoms with Crippen LogP contribution in [-0.2, 0) is 0 Å². The molecule has 0 aromatic carbocycles. The molecule has 0 bridgehead atoms. The van der Waals surface area contributed by atoms with Gasteiger partial charge in [0.25, 0.3) is 0 Å². The van der Waals surface area contributed by atoms with Crippen LogP contribution in [0.5, 0.6) is 0 Å². The van der Waals surface area contributed by atoms with Crippen LogP contribution in [0.25, 0.3) is 0 Å². The summed E-state index contributed by atoms with van der Waals surface area (Å²) in [6.45, 7) is 8.57. The maximum Gasteiger partial charge on any atom is 0.0262 e. The first-order valence-electron chi connectivity index (χ1n) is 4.26. The van der Waals surface area contributed by atoms with Crippen molar-refractivity contribution in [2.45, 2.75) is 27.7 Å². The molecule has 14 heavy (non-hydrogen) atoms.